The van der Waals surface area contributed by atoms with E-state index in [9.17, 15) is 18.0 Å². The second-order valence-electron chi connectivity index (χ2n) is 6.36. The summed E-state index contributed by atoms with van der Waals surface area (Å²) in [5.41, 5.74) is 2.52. The maximum absolute atomic E-state index is 13.1. The minimum atomic E-state index is -4.52. The number of alkyl halides is 3. The number of fused-ring (bicyclic) bond motifs is 2. The molecule has 0 aliphatic heterocycles. The molecule has 0 bridgehead atoms. The van der Waals surface area contributed by atoms with Crippen LogP contribution in [0.3, 0.4) is 0 Å². The van der Waals surface area contributed by atoms with E-state index in [2.05, 4.69) is 10.4 Å². The molecular formula is C19H16F3N3O. The van der Waals surface area contributed by atoms with Crippen molar-refractivity contribution in [3.63, 3.8) is 0 Å². The van der Waals surface area contributed by atoms with Crippen molar-refractivity contribution in [1.29, 1.82) is 0 Å². The van der Waals surface area contributed by atoms with Gasteiger partial charge in [-0.05, 0) is 42.2 Å². The van der Waals surface area contributed by atoms with Crippen molar-refractivity contribution >= 4 is 17.1 Å². The third kappa shape index (κ3) is 2.64. The van der Waals surface area contributed by atoms with Crippen LogP contribution in [0.2, 0.25) is 0 Å². The van der Waals surface area contributed by atoms with Gasteiger partial charge in [-0.15, -0.1) is 0 Å². The Kier molecular flexibility index (Phi) is 3.75. The quantitative estimate of drug-likeness (QED) is 0.728. The first kappa shape index (κ1) is 16.6. The van der Waals surface area contributed by atoms with Crippen LogP contribution in [-0.4, -0.2) is 22.4 Å². The first-order valence-corrected chi connectivity index (χ1v) is 8.33. The molecule has 2 aromatic heterocycles. The van der Waals surface area contributed by atoms with Gasteiger partial charge in [-0.3, -0.25) is 4.79 Å². The monoisotopic (exact) mass is 359 g/mol. The Morgan fingerprint density at radius 1 is 1.08 bits per heavy atom. The van der Waals surface area contributed by atoms with Gasteiger partial charge in [-0.2, -0.15) is 18.3 Å². The highest BCUT2D eigenvalue weighted by Crippen LogP contribution is 2.35. The highest BCUT2D eigenvalue weighted by molar-refractivity contribution is 5.99. The van der Waals surface area contributed by atoms with Gasteiger partial charge in [0.25, 0.3) is 0 Å². The van der Waals surface area contributed by atoms with Crippen molar-refractivity contribution in [2.45, 2.75) is 25.4 Å². The summed E-state index contributed by atoms with van der Waals surface area (Å²) in [5, 5.41) is 6.57. The normalized spacial score (nSPS) is 14.5. The van der Waals surface area contributed by atoms with Gasteiger partial charge in [-0.25, -0.2) is 4.52 Å². The Bertz CT molecular complexity index is 1020. The zero-order valence-corrected chi connectivity index (χ0v) is 14.0. The fourth-order valence-electron chi connectivity index (χ4n) is 3.46. The Hall–Kier alpha value is -2.83. The summed E-state index contributed by atoms with van der Waals surface area (Å²) < 4.78 is 40.7. The van der Waals surface area contributed by atoms with Crippen LogP contribution in [-0.2, 0) is 12.6 Å². The maximum Gasteiger partial charge on any atom is 0.435 e. The lowest BCUT2D eigenvalue weighted by molar-refractivity contribution is -0.141. The van der Waals surface area contributed by atoms with Crippen LogP contribution < -0.4 is 5.32 Å². The predicted molar refractivity (Wildman–Crippen MR) is 92.4 cm³/mol. The van der Waals surface area contributed by atoms with E-state index in [0.717, 1.165) is 30.0 Å². The topological polar surface area (TPSA) is 46.4 Å². The minimum Gasteiger partial charge on any atom is -0.373 e. The lowest BCUT2D eigenvalue weighted by Gasteiger charge is -2.16. The zero-order chi connectivity index (χ0) is 18.5. The van der Waals surface area contributed by atoms with Crippen molar-refractivity contribution in [3.05, 3.63) is 53.2 Å². The van der Waals surface area contributed by atoms with Gasteiger partial charge in [0, 0.05) is 24.6 Å². The second-order valence-corrected chi connectivity index (χ2v) is 6.36. The molecule has 2 heterocycles. The third-order valence-corrected chi connectivity index (χ3v) is 4.73. The lowest BCUT2D eigenvalue weighted by atomic mass is 9.88. The van der Waals surface area contributed by atoms with Crippen LogP contribution in [0.4, 0.5) is 19.0 Å². The first-order chi connectivity index (χ1) is 12.4. The van der Waals surface area contributed by atoms with E-state index < -0.39 is 11.9 Å². The van der Waals surface area contributed by atoms with Crippen LogP contribution in [0, 0.1) is 0 Å². The van der Waals surface area contributed by atoms with Gasteiger partial charge < -0.3 is 5.32 Å². The number of carbonyl (C=O) groups is 1. The fourth-order valence-corrected chi connectivity index (χ4v) is 3.46. The summed E-state index contributed by atoms with van der Waals surface area (Å²) in [6.45, 7) is 0. The average molecular weight is 359 g/mol. The molecule has 26 heavy (non-hydrogen) atoms. The molecule has 0 saturated carbocycles. The molecule has 0 radical (unpaired) electrons. The number of Topliss-reactive ketones (excluding diaryl/α,β-unsaturated/α-hetero) is 1. The first-order valence-electron chi connectivity index (χ1n) is 8.33. The average Bonchev–Trinajstić information content (AvgIpc) is 3.06. The number of halogens is 3. The van der Waals surface area contributed by atoms with Crippen LogP contribution in [0.15, 0.2) is 36.4 Å². The number of hydrogen-bond donors (Lipinski definition) is 1. The number of benzene rings is 1. The summed E-state index contributed by atoms with van der Waals surface area (Å²) in [4.78, 5) is 12.0. The number of anilines is 1. The molecule has 4 nitrogen and oxygen atoms in total. The number of carbonyl (C=O) groups excluding carboxylic acids is 1. The molecule has 0 spiro atoms. The minimum absolute atomic E-state index is 0.122. The van der Waals surface area contributed by atoms with Gasteiger partial charge in [0.1, 0.15) is 5.82 Å². The van der Waals surface area contributed by atoms with Crippen LogP contribution in [0.5, 0.6) is 0 Å². The molecule has 1 aromatic carbocycles. The van der Waals surface area contributed by atoms with Gasteiger partial charge in [-0.1, -0.05) is 18.2 Å². The smallest absolute Gasteiger partial charge is 0.373 e. The Balaban J connectivity index is 1.92. The summed E-state index contributed by atoms with van der Waals surface area (Å²) >= 11 is 0. The second kappa shape index (κ2) is 5.86. The number of nitrogens with one attached hydrogen (secondary N) is 1. The van der Waals surface area contributed by atoms with Crippen molar-refractivity contribution in [3.8, 4) is 11.1 Å². The van der Waals surface area contributed by atoms with Gasteiger partial charge in [0.2, 0.25) is 0 Å². The molecule has 1 aliphatic carbocycles. The van der Waals surface area contributed by atoms with E-state index in [1.165, 1.54) is 4.52 Å². The molecule has 0 amide bonds. The van der Waals surface area contributed by atoms with Crippen molar-refractivity contribution < 1.29 is 18.0 Å². The lowest BCUT2D eigenvalue weighted by Crippen LogP contribution is -2.10. The molecule has 7 heteroatoms. The molecule has 0 atom stereocenters. The van der Waals surface area contributed by atoms with Crippen molar-refractivity contribution in [1.82, 2.24) is 9.61 Å². The predicted octanol–water partition coefficient (Wildman–Crippen LogP) is 4.58. The Labute approximate surface area is 147 Å². The molecule has 1 aliphatic rings. The highest BCUT2D eigenvalue weighted by Gasteiger charge is 2.34. The van der Waals surface area contributed by atoms with Crippen molar-refractivity contribution in [2.24, 2.45) is 0 Å². The summed E-state index contributed by atoms with van der Waals surface area (Å²) in [5.74, 6) is 0.588. The van der Waals surface area contributed by atoms with Crippen molar-refractivity contribution in [2.75, 3.05) is 12.4 Å². The molecule has 1 N–H and O–H groups in total. The molecule has 4 rings (SSSR count). The van der Waals surface area contributed by atoms with Crippen LogP contribution >= 0.6 is 0 Å². The Morgan fingerprint density at radius 2 is 1.85 bits per heavy atom. The number of rotatable bonds is 2. The summed E-state index contributed by atoms with van der Waals surface area (Å²) in [6.07, 6.45) is -2.37. The maximum atomic E-state index is 13.1. The van der Waals surface area contributed by atoms with Gasteiger partial charge in [0.05, 0.1) is 5.52 Å². The van der Waals surface area contributed by atoms with Crippen LogP contribution in [0.25, 0.3) is 16.6 Å². The van der Waals surface area contributed by atoms with E-state index in [1.54, 1.807) is 31.3 Å². The number of pyridine rings is 1. The molecule has 3 aromatic rings. The summed E-state index contributed by atoms with van der Waals surface area (Å²) in [7, 11) is 1.63. The van der Waals surface area contributed by atoms with E-state index in [-0.39, 0.29) is 5.78 Å². The third-order valence-electron chi connectivity index (χ3n) is 4.73. The molecule has 0 fully saturated rings. The standard InChI is InChI=1S/C19H16F3N3O/c1-23-18-8-7-13(15-10-17(19(20,21)22)24-25(15)18)12-5-6-14-11(9-12)3-2-4-16(14)26/h5-10,23H,2-4H2,1H3. The molecule has 0 unspecified atom stereocenters. The number of aromatic nitrogens is 2. The SMILES string of the molecule is CNc1ccc(-c2ccc3c(c2)CCCC3=O)c2cc(C(F)(F)F)nn12. The van der Waals surface area contributed by atoms with E-state index in [4.69, 9.17) is 0 Å². The number of hydrogen-bond acceptors (Lipinski definition) is 3. The Morgan fingerprint density at radius 3 is 2.58 bits per heavy atom. The largest absolute Gasteiger partial charge is 0.435 e. The van der Waals surface area contributed by atoms with Crippen LogP contribution in [0.1, 0.15) is 34.5 Å². The van der Waals surface area contributed by atoms with Gasteiger partial charge in [0.15, 0.2) is 11.5 Å². The van der Waals surface area contributed by atoms with Gasteiger partial charge >= 0.3 is 6.18 Å². The summed E-state index contributed by atoms with van der Waals surface area (Å²) in [6, 6.07) is 9.99. The zero-order valence-electron chi connectivity index (χ0n) is 14.0. The number of nitrogens with zero attached hydrogens (tertiary/aromatic N) is 2. The molecule has 0 saturated heterocycles. The van der Waals surface area contributed by atoms with E-state index >= 15 is 0 Å². The number of aryl methyl sites for hydroxylation is 1. The highest BCUT2D eigenvalue weighted by atomic mass is 19.4. The molecular weight excluding hydrogens is 343 g/mol. The van der Waals surface area contributed by atoms with E-state index in [1.807, 2.05) is 6.07 Å². The number of ketones is 1. The van der Waals surface area contributed by atoms with E-state index in [0.29, 0.717) is 28.9 Å². The fraction of sp³-hybridized carbons (Fsp3) is 0.263. The molecule has 134 valence electrons.